The molecule has 1 fully saturated rings. The Morgan fingerprint density at radius 3 is 1.14 bits per heavy atom. The van der Waals surface area contributed by atoms with Crippen LogP contribution in [0.25, 0.3) is 0 Å². The maximum absolute atomic E-state index is 11.9. The van der Waals surface area contributed by atoms with Crippen molar-refractivity contribution in [2.45, 2.75) is 162 Å². The van der Waals surface area contributed by atoms with Crippen LogP contribution < -0.4 is 0 Å². The first-order valence-corrected chi connectivity index (χ1v) is 14.7. The summed E-state index contributed by atoms with van der Waals surface area (Å²) in [6.45, 7) is 41.2. The van der Waals surface area contributed by atoms with Crippen LogP contribution in [0.15, 0.2) is 0 Å². The second kappa shape index (κ2) is 14.1. The van der Waals surface area contributed by atoms with E-state index in [9.17, 15) is 9.59 Å². The van der Waals surface area contributed by atoms with Gasteiger partial charge in [0.25, 0.3) is 0 Å². The zero-order valence-corrected chi connectivity index (χ0v) is 28.8. The highest BCUT2D eigenvalue weighted by atomic mass is 16.1. The van der Waals surface area contributed by atoms with Crippen molar-refractivity contribution in [1.29, 1.82) is 0 Å². The van der Waals surface area contributed by atoms with Crippen LogP contribution in [0.4, 0.5) is 0 Å². The SMILES string of the molecule is CC(C)(C)CC(=O)C(C)(C)C.CC(C)(C)CCC(=O)C1CN(C(C)(C)C)C1.CC(C)(C)CCC(C)(C)C. The van der Waals surface area contributed by atoms with E-state index < -0.39 is 0 Å². The zero-order valence-electron chi connectivity index (χ0n) is 28.8. The first kappa shape index (κ1) is 38.4. The highest BCUT2D eigenvalue weighted by molar-refractivity contribution is 5.84. The molecule has 0 aromatic carbocycles. The van der Waals surface area contributed by atoms with Crippen molar-refractivity contribution in [2.75, 3.05) is 13.1 Å². The molecule has 0 unspecified atom stereocenters. The largest absolute Gasteiger partial charge is 0.299 e. The van der Waals surface area contributed by atoms with Crippen molar-refractivity contribution in [2.24, 2.45) is 33.0 Å². The van der Waals surface area contributed by atoms with Gasteiger partial charge in [0, 0.05) is 42.8 Å². The molecule has 1 heterocycles. The third kappa shape index (κ3) is 22.9. The highest BCUT2D eigenvalue weighted by Crippen LogP contribution is 2.30. The summed E-state index contributed by atoms with van der Waals surface area (Å²) in [7, 11) is 0. The van der Waals surface area contributed by atoms with Gasteiger partial charge >= 0.3 is 0 Å². The predicted molar refractivity (Wildman–Crippen MR) is 165 cm³/mol. The molecule has 0 amide bonds. The molecule has 0 aromatic heterocycles. The highest BCUT2D eigenvalue weighted by Gasteiger charge is 2.38. The Morgan fingerprint density at radius 2 is 0.919 bits per heavy atom. The van der Waals surface area contributed by atoms with Gasteiger partial charge < -0.3 is 0 Å². The molecule has 0 spiro atoms. The van der Waals surface area contributed by atoms with Gasteiger partial charge in [0.1, 0.15) is 11.6 Å². The number of nitrogens with zero attached hydrogens (tertiary/aromatic N) is 1. The number of carbonyl (C=O) groups excluding carboxylic acids is 2. The molecule has 1 aliphatic rings. The molecule has 0 saturated carbocycles. The summed E-state index contributed by atoms with van der Waals surface area (Å²) in [5, 5.41) is 0. The van der Waals surface area contributed by atoms with Gasteiger partial charge in [-0.05, 0) is 61.7 Å². The summed E-state index contributed by atoms with van der Waals surface area (Å²) in [4.78, 5) is 25.8. The van der Waals surface area contributed by atoms with Crippen molar-refractivity contribution in [1.82, 2.24) is 4.90 Å². The Labute approximate surface area is 234 Å². The van der Waals surface area contributed by atoms with Crippen molar-refractivity contribution in [3.8, 4) is 0 Å². The fraction of sp³-hybridized carbons (Fsp3) is 0.941. The summed E-state index contributed by atoms with van der Waals surface area (Å²) in [5.41, 5.74) is 1.47. The number of hydrogen-bond acceptors (Lipinski definition) is 3. The van der Waals surface area contributed by atoms with Gasteiger partial charge in [-0.3, -0.25) is 14.5 Å². The van der Waals surface area contributed by atoms with E-state index >= 15 is 0 Å². The molecule has 0 bridgehead atoms. The molecule has 0 radical (unpaired) electrons. The van der Waals surface area contributed by atoms with Crippen LogP contribution in [0.3, 0.4) is 0 Å². The second-order valence-electron chi connectivity index (χ2n) is 18.3. The zero-order chi connectivity index (χ0) is 30.3. The molecular weight excluding hydrogens is 454 g/mol. The fourth-order valence-electron chi connectivity index (χ4n) is 3.43. The average molecular weight is 524 g/mol. The predicted octanol–water partition coefficient (Wildman–Crippen LogP) is 10.0. The molecule has 1 aliphatic heterocycles. The van der Waals surface area contributed by atoms with Crippen molar-refractivity contribution < 1.29 is 9.59 Å². The molecule has 3 heteroatoms. The Balaban J connectivity index is 0. The van der Waals surface area contributed by atoms with E-state index in [0.717, 1.165) is 25.9 Å². The fourth-order valence-corrected chi connectivity index (χ4v) is 3.43. The first-order valence-electron chi connectivity index (χ1n) is 14.7. The number of rotatable bonds is 5. The van der Waals surface area contributed by atoms with Gasteiger partial charge in [0.05, 0.1) is 0 Å². The quantitative estimate of drug-likeness (QED) is 0.360. The Bertz CT molecular complexity index is 656. The molecule has 3 nitrogen and oxygen atoms in total. The second-order valence-corrected chi connectivity index (χ2v) is 18.3. The topological polar surface area (TPSA) is 37.4 Å². The van der Waals surface area contributed by atoms with Gasteiger partial charge in [0.15, 0.2) is 0 Å². The van der Waals surface area contributed by atoms with Crippen LogP contribution in [-0.2, 0) is 9.59 Å². The van der Waals surface area contributed by atoms with Gasteiger partial charge in [-0.2, -0.15) is 0 Å². The number of ketones is 2. The maximum Gasteiger partial charge on any atom is 0.138 e. The molecule has 0 aliphatic carbocycles. The average Bonchev–Trinajstić information content (AvgIpc) is 2.52. The van der Waals surface area contributed by atoms with Gasteiger partial charge in [0.2, 0.25) is 0 Å². The summed E-state index contributed by atoms with van der Waals surface area (Å²) >= 11 is 0. The number of Topliss-reactive ketones (excluding diaryl/α,β-unsaturated/α-hetero) is 2. The lowest BCUT2D eigenvalue weighted by atomic mass is 9.80. The smallest absolute Gasteiger partial charge is 0.138 e. The van der Waals surface area contributed by atoms with Crippen LogP contribution in [0.1, 0.15) is 157 Å². The van der Waals surface area contributed by atoms with Crippen LogP contribution in [0.5, 0.6) is 0 Å². The molecule has 0 atom stereocenters. The third-order valence-electron chi connectivity index (χ3n) is 6.56. The lowest BCUT2D eigenvalue weighted by Crippen LogP contribution is -2.58. The van der Waals surface area contributed by atoms with Gasteiger partial charge in [-0.25, -0.2) is 0 Å². The molecule has 1 saturated heterocycles. The van der Waals surface area contributed by atoms with Crippen LogP contribution in [0, 0.1) is 33.0 Å². The van der Waals surface area contributed by atoms with Crippen LogP contribution >= 0.6 is 0 Å². The van der Waals surface area contributed by atoms with E-state index in [1.165, 1.54) is 12.8 Å². The summed E-state index contributed by atoms with van der Waals surface area (Å²) in [5.74, 6) is 1.13. The van der Waals surface area contributed by atoms with E-state index in [4.69, 9.17) is 0 Å². The van der Waals surface area contributed by atoms with E-state index in [-0.39, 0.29) is 21.8 Å². The summed E-state index contributed by atoms with van der Waals surface area (Å²) < 4.78 is 0. The lowest BCUT2D eigenvalue weighted by Gasteiger charge is -2.47. The third-order valence-corrected chi connectivity index (χ3v) is 6.56. The minimum absolute atomic E-state index is 0.129. The van der Waals surface area contributed by atoms with Crippen molar-refractivity contribution in [3.63, 3.8) is 0 Å². The Kier molecular flexibility index (Phi) is 14.6. The molecule has 222 valence electrons. The summed E-state index contributed by atoms with van der Waals surface area (Å²) in [6.07, 6.45) is 5.10. The monoisotopic (exact) mass is 524 g/mol. The summed E-state index contributed by atoms with van der Waals surface area (Å²) in [6, 6.07) is 0. The molecule has 37 heavy (non-hydrogen) atoms. The van der Waals surface area contributed by atoms with Crippen LogP contribution in [-0.4, -0.2) is 35.1 Å². The van der Waals surface area contributed by atoms with Crippen LogP contribution in [0.2, 0.25) is 0 Å². The standard InChI is InChI=1S/C14H27NO.C10H20O.C10H22/c1-13(2,3)8-7-12(16)11-9-15(10-11)14(4,5)6;1-9(2,3)7-8(11)10(4,5)6;1-9(2,3)7-8-10(4,5)6/h11H,7-10H2,1-6H3;7H2,1-6H3;7-8H2,1-6H3. The molecule has 0 N–H and O–H groups in total. The number of hydrogen-bond donors (Lipinski definition) is 0. The normalized spacial score (nSPS) is 16.2. The number of carbonyl (C=O) groups is 2. The van der Waals surface area contributed by atoms with Crippen molar-refractivity contribution in [3.05, 3.63) is 0 Å². The van der Waals surface area contributed by atoms with Gasteiger partial charge in [-0.1, -0.05) is 104 Å². The van der Waals surface area contributed by atoms with E-state index in [1.807, 2.05) is 20.8 Å². The minimum Gasteiger partial charge on any atom is -0.299 e. The van der Waals surface area contributed by atoms with E-state index in [0.29, 0.717) is 34.7 Å². The molecule has 1 rings (SSSR count). The van der Waals surface area contributed by atoms with Crippen molar-refractivity contribution >= 4 is 11.6 Å². The molecular formula is C34H69NO2. The number of likely N-dealkylation sites (tertiary alicyclic amines) is 1. The van der Waals surface area contributed by atoms with E-state index in [1.54, 1.807) is 0 Å². The first-order chi connectivity index (χ1) is 15.9. The Hall–Kier alpha value is -0.700. The Morgan fingerprint density at radius 1 is 0.568 bits per heavy atom. The minimum atomic E-state index is -0.173. The lowest BCUT2D eigenvalue weighted by molar-refractivity contribution is -0.131. The molecule has 0 aromatic rings. The van der Waals surface area contributed by atoms with Gasteiger partial charge in [-0.15, -0.1) is 0 Å². The maximum atomic E-state index is 11.9. The van der Waals surface area contributed by atoms with E-state index in [2.05, 4.69) is 109 Å².